The van der Waals surface area contributed by atoms with Gasteiger partial charge in [0.25, 0.3) is 0 Å². The summed E-state index contributed by atoms with van der Waals surface area (Å²) in [6.07, 6.45) is 0. The van der Waals surface area contributed by atoms with Crippen LogP contribution in [0.1, 0.15) is 0 Å². The lowest BCUT2D eigenvalue weighted by Gasteiger charge is -2.04. The molecule has 0 nitrogen and oxygen atoms in total. The first kappa shape index (κ1) is 11.4. The molecule has 0 fully saturated rings. The lowest BCUT2D eigenvalue weighted by atomic mass is 10.1. The summed E-state index contributed by atoms with van der Waals surface area (Å²) in [6, 6.07) is 8.11. The maximum atomic E-state index is 13.0. The topological polar surface area (TPSA) is 0 Å². The van der Waals surface area contributed by atoms with E-state index in [2.05, 4.69) is 0 Å². The van der Waals surface area contributed by atoms with Gasteiger partial charge < -0.3 is 0 Å². The molecule has 4 heteroatoms. The second-order valence-corrected chi connectivity index (χ2v) is 4.10. The fourth-order valence-electron chi connectivity index (χ4n) is 1.40. The maximum Gasteiger partial charge on any atom is 0.126 e. The molecule has 0 aliphatic rings. The molecule has 0 amide bonds. The van der Waals surface area contributed by atoms with Crippen LogP contribution in [0.4, 0.5) is 8.78 Å². The lowest BCUT2D eigenvalue weighted by Crippen LogP contribution is -1.84. The first-order valence-corrected chi connectivity index (χ1v) is 5.23. The summed E-state index contributed by atoms with van der Waals surface area (Å²) in [4.78, 5) is 0. The van der Waals surface area contributed by atoms with Crippen molar-refractivity contribution >= 4 is 23.2 Å². The van der Waals surface area contributed by atoms with E-state index < -0.39 is 11.6 Å². The SMILES string of the molecule is Fc1cc(F)cc(-c2ccc(Cl)c(Cl)c2)c1. The van der Waals surface area contributed by atoms with E-state index in [9.17, 15) is 8.78 Å². The molecule has 82 valence electrons. The van der Waals surface area contributed by atoms with Crippen molar-refractivity contribution in [3.63, 3.8) is 0 Å². The van der Waals surface area contributed by atoms with E-state index in [1.165, 1.54) is 12.1 Å². The summed E-state index contributed by atoms with van der Waals surface area (Å²) in [7, 11) is 0. The van der Waals surface area contributed by atoms with Crippen molar-refractivity contribution in [2.45, 2.75) is 0 Å². The number of benzene rings is 2. The predicted octanol–water partition coefficient (Wildman–Crippen LogP) is 4.94. The first-order valence-electron chi connectivity index (χ1n) is 4.48. The van der Waals surface area contributed by atoms with Crippen LogP contribution in [-0.4, -0.2) is 0 Å². The monoisotopic (exact) mass is 258 g/mol. The van der Waals surface area contributed by atoms with Crippen LogP contribution in [-0.2, 0) is 0 Å². The van der Waals surface area contributed by atoms with Gasteiger partial charge in [0.2, 0.25) is 0 Å². The molecule has 0 N–H and O–H groups in total. The Balaban J connectivity index is 2.54. The van der Waals surface area contributed by atoms with Crippen LogP contribution in [0.2, 0.25) is 10.0 Å². The molecule has 0 aromatic heterocycles. The molecule has 0 atom stereocenters. The molecule has 0 aliphatic heterocycles. The molecule has 0 saturated carbocycles. The number of hydrogen-bond donors (Lipinski definition) is 0. The van der Waals surface area contributed by atoms with Gasteiger partial charge in [0.05, 0.1) is 10.0 Å². The van der Waals surface area contributed by atoms with Gasteiger partial charge in [-0.2, -0.15) is 0 Å². The average Bonchev–Trinajstić information content (AvgIpc) is 2.20. The minimum absolute atomic E-state index is 0.351. The van der Waals surface area contributed by atoms with Gasteiger partial charge in [-0.25, -0.2) is 8.78 Å². The molecule has 0 radical (unpaired) electrons. The molecule has 0 heterocycles. The van der Waals surface area contributed by atoms with Gasteiger partial charge in [0.15, 0.2) is 0 Å². The highest BCUT2D eigenvalue weighted by molar-refractivity contribution is 6.42. The Bertz CT molecular complexity index is 518. The molecule has 2 aromatic rings. The van der Waals surface area contributed by atoms with Gasteiger partial charge in [-0.15, -0.1) is 0 Å². The van der Waals surface area contributed by atoms with Crippen molar-refractivity contribution < 1.29 is 8.78 Å². The van der Waals surface area contributed by atoms with E-state index >= 15 is 0 Å². The van der Waals surface area contributed by atoms with Crippen LogP contribution in [0.5, 0.6) is 0 Å². The van der Waals surface area contributed by atoms with Crippen LogP contribution in [0, 0.1) is 11.6 Å². The van der Waals surface area contributed by atoms with Gasteiger partial charge in [-0.05, 0) is 35.4 Å². The molecule has 0 aliphatic carbocycles. The minimum Gasteiger partial charge on any atom is -0.207 e. The highest BCUT2D eigenvalue weighted by Crippen LogP contribution is 2.29. The largest absolute Gasteiger partial charge is 0.207 e. The van der Waals surface area contributed by atoms with Crippen LogP contribution in [0.3, 0.4) is 0 Å². The van der Waals surface area contributed by atoms with Gasteiger partial charge in [-0.1, -0.05) is 29.3 Å². The summed E-state index contributed by atoms with van der Waals surface area (Å²) < 4.78 is 26.0. The number of rotatable bonds is 1. The average molecular weight is 259 g/mol. The molecule has 0 bridgehead atoms. The molecule has 2 rings (SSSR count). The predicted molar refractivity (Wildman–Crippen MR) is 61.8 cm³/mol. The smallest absolute Gasteiger partial charge is 0.126 e. The Morgan fingerprint density at radius 2 is 1.31 bits per heavy atom. The van der Waals surface area contributed by atoms with E-state index in [1.54, 1.807) is 18.2 Å². The van der Waals surface area contributed by atoms with Gasteiger partial charge >= 0.3 is 0 Å². The molecule has 0 spiro atoms. The van der Waals surface area contributed by atoms with Crippen molar-refractivity contribution in [2.75, 3.05) is 0 Å². The van der Waals surface area contributed by atoms with Crippen molar-refractivity contribution in [3.05, 3.63) is 58.1 Å². The van der Waals surface area contributed by atoms with Crippen molar-refractivity contribution in [3.8, 4) is 11.1 Å². The van der Waals surface area contributed by atoms with E-state index in [1.807, 2.05) is 0 Å². The normalized spacial score (nSPS) is 10.5. The van der Waals surface area contributed by atoms with Crippen LogP contribution >= 0.6 is 23.2 Å². The molecular formula is C12H6Cl2F2. The molecule has 0 saturated heterocycles. The highest BCUT2D eigenvalue weighted by atomic mass is 35.5. The zero-order chi connectivity index (χ0) is 11.7. The molecule has 16 heavy (non-hydrogen) atoms. The summed E-state index contributed by atoms with van der Waals surface area (Å²) in [5.74, 6) is -1.25. The van der Waals surface area contributed by atoms with E-state index in [-0.39, 0.29) is 0 Å². The third kappa shape index (κ3) is 2.34. The molecule has 0 unspecified atom stereocenters. The van der Waals surface area contributed by atoms with Crippen molar-refractivity contribution in [1.82, 2.24) is 0 Å². The molecule has 2 aromatic carbocycles. The van der Waals surface area contributed by atoms with Crippen molar-refractivity contribution in [2.24, 2.45) is 0 Å². The van der Waals surface area contributed by atoms with Crippen LogP contribution in [0.15, 0.2) is 36.4 Å². The lowest BCUT2D eigenvalue weighted by molar-refractivity contribution is 0.584. The van der Waals surface area contributed by atoms with Crippen LogP contribution in [0.25, 0.3) is 11.1 Å². The van der Waals surface area contributed by atoms with Crippen molar-refractivity contribution in [1.29, 1.82) is 0 Å². The van der Waals surface area contributed by atoms with E-state index in [0.717, 1.165) is 6.07 Å². The van der Waals surface area contributed by atoms with Gasteiger partial charge in [0.1, 0.15) is 11.6 Å². The zero-order valence-electron chi connectivity index (χ0n) is 7.98. The second kappa shape index (κ2) is 4.40. The molecular weight excluding hydrogens is 253 g/mol. The number of hydrogen-bond acceptors (Lipinski definition) is 0. The van der Waals surface area contributed by atoms with E-state index in [0.29, 0.717) is 21.2 Å². The maximum absolute atomic E-state index is 13.0. The third-order valence-corrected chi connectivity index (χ3v) is 2.85. The summed E-state index contributed by atoms with van der Waals surface area (Å²) in [5.41, 5.74) is 1.05. The second-order valence-electron chi connectivity index (χ2n) is 3.29. The summed E-state index contributed by atoms with van der Waals surface area (Å²) in [6.45, 7) is 0. The fraction of sp³-hybridized carbons (Fsp3) is 0. The standard InChI is InChI=1S/C12H6Cl2F2/c13-11-2-1-7(5-12(11)14)8-3-9(15)6-10(16)4-8/h1-6H. The third-order valence-electron chi connectivity index (χ3n) is 2.12. The summed E-state index contributed by atoms with van der Waals surface area (Å²) >= 11 is 11.6. The van der Waals surface area contributed by atoms with Crippen LogP contribution < -0.4 is 0 Å². The van der Waals surface area contributed by atoms with Gasteiger partial charge in [-0.3, -0.25) is 0 Å². The van der Waals surface area contributed by atoms with E-state index in [4.69, 9.17) is 23.2 Å². The fourth-order valence-corrected chi connectivity index (χ4v) is 1.69. The van der Waals surface area contributed by atoms with Gasteiger partial charge in [0, 0.05) is 6.07 Å². The minimum atomic E-state index is -0.624. The number of halogens is 4. The Morgan fingerprint density at radius 3 is 1.88 bits per heavy atom. The Hall–Kier alpha value is -1.12. The first-order chi connectivity index (χ1) is 7.56. The zero-order valence-corrected chi connectivity index (χ0v) is 9.49. The quantitative estimate of drug-likeness (QED) is 0.680. The Labute approximate surface area is 101 Å². The Morgan fingerprint density at radius 1 is 0.688 bits per heavy atom. The highest BCUT2D eigenvalue weighted by Gasteiger charge is 2.05. The summed E-state index contributed by atoms with van der Waals surface area (Å²) in [5, 5.41) is 0.756. The Kier molecular flexibility index (Phi) is 3.13.